The van der Waals surface area contributed by atoms with Gasteiger partial charge in [-0.3, -0.25) is 0 Å². The SMILES string of the molecule is OB(O)OC1C=CNCC1. The number of rotatable bonds is 2. The quantitative estimate of drug-likeness (QED) is 0.427. The summed E-state index contributed by atoms with van der Waals surface area (Å²) in [5, 5.41) is 19.7. The topological polar surface area (TPSA) is 61.7 Å². The first-order valence-corrected chi connectivity index (χ1v) is 3.20. The average Bonchev–Trinajstić information content (AvgIpc) is 1.88. The fourth-order valence-electron chi connectivity index (χ4n) is 0.850. The second-order valence-electron chi connectivity index (χ2n) is 2.10. The van der Waals surface area contributed by atoms with Crippen LogP contribution in [0.25, 0.3) is 0 Å². The molecule has 56 valence electrons. The molecule has 0 bridgehead atoms. The summed E-state index contributed by atoms with van der Waals surface area (Å²) in [6, 6.07) is 0. The van der Waals surface area contributed by atoms with Crippen LogP contribution in [0.2, 0.25) is 0 Å². The van der Waals surface area contributed by atoms with Gasteiger partial charge in [0, 0.05) is 6.54 Å². The Bertz CT molecular complexity index is 128. The summed E-state index contributed by atoms with van der Waals surface area (Å²) >= 11 is 0. The highest BCUT2D eigenvalue weighted by Gasteiger charge is 2.16. The Balaban J connectivity index is 2.26. The number of hydrogen-bond acceptors (Lipinski definition) is 4. The van der Waals surface area contributed by atoms with E-state index in [0.29, 0.717) is 0 Å². The highest BCUT2D eigenvalue weighted by molar-refractivity contribution is 6.32. The van der Waals surface area contributed by atoms with Crippen molar-refractivity contribution in [3.05, 3.63) is 12.3 Å². The minimum absolute atomic E-state index is 0.166. The van der Waals surface area contributed by atoms with Crippen LogP contribution in [-0.2, 0) is 4.65 Å². The molecule has 0 aromatic carbocycles. The molecule has 0 saturated carbocycles. The van der Waals surface area contributed by atoms with Gasteiger partial charge in [-0.05, 0) is 18.7 Å². The van der Waals surface area contributed by atoms with Crippen molar-refractivity contribution in [2.24, 2.45) is 0 Å². The lowest BCUT2D eigenvalue weighted by Gasteiger charge is -2.17. The molecule has 10 heavy (non-hydrogen) atoms. The zero-order valence-electron chi connectivity index (χ0n) is 5.53. The Labute approximate surface area is 59.7 Å². The lowest BCUT2D eigenvalue weighted by molar-refractivity contribution is 0.138. The fraction of sp³-hybridized carbons (Fsp3) is 0.600. The van der Waals surface area contributed by atoms with Gasteiger partial charge in [-0.15, -0.1) is 0 Å². The van der Waals surface area contributed by atoms with E-state index in [0.717, 1.165) is 13.0 Å². The van der Waals surface area contributed by atoms with Crippen LogP contribution in [0.15, 0.2) is 12.3 Å². The van der Waals surface area contributed by atoms with Crippen LogP contribution < -0.4 is 5.32 Å². The largest absolute Gasteiger partial charge is 0.634 e. The van der Waals surface area contributed by atoms with Gasteiger partial charge in [-0.1, -0.05) is 0 Å². The van der Waals surface area contributed by atoms with Crippen LogP contribution >= 0.6 is 0 Å². The minimum atomic E-state index is -1.66. The van der Waals surface area contributed by atoms with E-state index < -0.39 is 7.32 Å². The molecule has 4 nitrogen and oxygen atoms in total. The van der Waals surface area contributed by atoms with Gasteiger partial charge in [0.25, 0.3) is 0 Å². The molecular formula is C5H10BNO3. The van der Waals surface area contributed by atoms with E-state index in [1.54, 1.807) is 12.3 Å². The van der Waals surface area contributed by atoms with E-state index in [1.165, 1.54) is 0 Å². The van der Waals surface area contributed by atoms with Crippen LogP contribution in [0.5, 0.6) is 0 Å². The predicted molar refractivity (Wildman–Crippen MR) is 36.8 cm³/mol. The maximum Gasteiger partial charge on any atom is 0.634 e. The summed E-state index contributed by atoms with van der Waals surface area (Å²) in [6.45, 7) is 0.813. The third-order valence-corrected chi connectivity index (χ3v) is 1.30. The van der Waals surface area contributed by atoms with Gasteiger partial charge in [0.05, 0.1) is 6.10 Å². The summed E-state index contributed by atoms with van der Waals surface area (Å²) in [5.41, 5.74) is 0. The normalized spacial score (nSPS) is 24.0. The molecule has 1 aliphatic rings. The molecule has 5 heteroatoms. The van der Waals surface area contributed by atoms with Crippen molar-refractivity contribution < 1.29 is 14.7 Å². The van der Waals surface area contributed by atoms with Crippen molar-refractivity contribution >= 4 is 7.32 Å². The lowest BCUT2D eigenvalue weighted by atomic mass is 10.1. The molecule has 0 aliphatic carbocycles. The number of hydrogen-bond donors (Lipinski definition) is 3. The van der Waals surface area contributed by atoms with Gasteiger partial charge in [0.2, 0.25) is 0 Å². The molecule has 0 spiro atoms. The van der Waals surface area contributed by atoms with Crippen LogP contribution in [0.3, 0.4) is 0 Å². The first-order chi connectivity index (χ1) is 4.79. The summed E-state index contributed by atoms with van der Waals surface area (Å²) in [5.74, 6) is 0. The maximum absolute atomic E-state index is 8.38. The summed E-state index contributed by atoms with van der Waals surface area (Å²) < 4.78 is 4.68. The van der Waals surface area contributed by atoms with Gasteiger partial charge < -0.3 is 20.0 Å². The van der Waals surface area contributed by atoms with Crippen molar-refractivity contribution in [1.29, 1.82) is 0 Å². The van der Waals surface area contributed by atoms with E-state index in [2.05, 4.69) is 9.97 Å². The van der Waals surface area contributed by atoms with Gasteiger partial charge >= 0.3 is 7.32 Å². The van der Waals surface area contributed by atoms with E-state index in [4.69, 9.17) is 10.0 Å². The van der Waals surface area contributed by atoms with Crippen LogP contribution in [0.1, 0.15) is 6.42 Å². The highest BCUT2D eigenvalue weighted by atomic mass is 16.6. The van der Waals surface area contributed by atoms with Gasteiger partial charge in [0.1, 0.15) is 0 Å². The molecule has 0 aromatic heterocycles. The molecule has 0 radical (unpaired) electrons. The predicted octanol–water partition coefficient (Wildman–Crippen LogP) is -1.15. The molecule has 1 aliphatic heterocycles. The molecule has 0 fully saturated rings. The molecule has 3 N–H and O–H groups in total. The zero-order chi connectivity index (χ0) is 7.40. The third-order valence-electron chi connectivity index (χ3n) is 1.30. The molecule has 1 atom stereocenters. The number of nitrogens with one attached hydrogen (secondary N) is 1. The van der Waals surface area contributed by atoms with Crippen LogP contribution in [0, 0.1) is 0 Å². The molecule has 1 heterocycles. The van der Waals surface area contributed by atoms with Gasteiger partial charge in [-0.25, -0.2) is 0 Å². The maximum atomic E-state index is 8.38. The molecule has 1 rings (SSSR count). The van der Waals surface area contributed by atoms with E-state index in [1.807, 2.05) is 0 Å². The van der Waals surface area contributed by atoms with Crippen molar-refractivity contribution in [3.63, 3.8) is 0 Å². The fourth-order valence-corrected chi connectivity index (χ4v) is 0.850. The second kappa shape index (κ2) is 3.60. The Morgan fingerprint density at radius 1 is 1.60 bits per heavy atom. The van der Waals surface area contributed by atoms with Crippen molar-refractivity contribution in [2.45, 2.75) is 12.5 Å². The van der Waals surface area contributed by atoms with Crippen molar-refractivity contribution in [2.75, 3.05) is 6.54 Å². The third kappa shape index (κ3) is 2.39. The van der Waals surface area contributed by atoms with E-state index in [9.17, 15) is 0 Å². The van der Waals surface area contributed by atoms with Crippen LogP contribution in [0.4, 0.5) is 0 Å². The summed E-state index contributed by atoms with van der Waals surface area (Å²) in [7, 11) is -1.66. The zero-order valence-corrected chi connectivity index (χ0v) is 5.53. The molecular weight excluding hydrogens is 133 g/mol. The van der Waals surface area contributed by atoms with Crippen molar-refractivity contribution in [3.8, 4) is 0 Å². The summed E-state index contributed by atoms with van der Waals surface area (Å²) in [6.07, 6.45) is 4.11. The summed E-state index contributed by atoms with van der Waals surface area (Å²) in [4.78, 5) is 0. The first kappa shape index (κ1) is 7.59. The van der Waals surface area contributed by atoms with Gasteiger partial charge in [0.15, 0.2) is 0 Å². The Morgan fingerprint density at radius 3 is 2.90 bits per heavy atom. The van der Waals surface area contributed by atoms with Gasteiger partial charge in [-0.2, -0.15) is 0 Å². The van der Waals surface area contributed by atoms with E-state index >= 15 is 0 Å². The average molecular weight is 143 g/mol. The molecule has 1 unspecified atom stereocenters. The minimum Gasteiger partial charge on any atom is -0.402 e. The highest BCUT2D eigenvalue weighted by Crippen LogP contribution is 2.03. The Kier molecular flexibility index (Phi) is 2.74. The molecule has 0 saturated heterocycles. The smallest absolute Gasteiger partial charge is 0.402 e. The Morgan fingerprint density at radius 2 is 2.40 bits per heavy atom. The van der Waals surface area contributed by atoms with E-state index in [-0.39, 0.29) is 6.10 Å². The second-order valence-corrected chi connectivity index (χ2v) is 2.10. The lowest BCUT2D eigenvalue weighted by Crippen LogP contribution is -2.29. The van der Waals surface area contributed by atoms with Crippen LogP contribution in [-0.4, -0.2) is 30.0 Å². The molecule has 0 amide bonds. The van der Waals surface area contributed by atoms with Crippen molar-refractivity contribution in [1.82, 2.24) is 5.32 Å². The molecule has 0 aromatic rings. The monoisotopic (exact) mass is 143 g/mol. The first-order valence-electron chi connectivity index (χ1n) is 3.20. The Hall–Kier alpha value is -0.515. The standard InChI is InChI=1S/C5H10BNO3/c8-6(9)10-5-1-3-7-4-2-5/h1,3,5,7-9H,2,4H2.